The molecule has 1 fully saturated rings. The van der Waals surface area contributed by atoms with Gasteiger partial charge in [-0.05, 0) is 36.3 Å². The molecular weight excluding hydrogens is 415 g/mol. The predicted octanol–water partition coefficient (Wildman–Crippen LogP) is 3.75. The Morgan fingerprint density at radius 1 is 1.20 bits per heavy atom. The quantitative estimate of drug-likeness (QED) is 0.470. The number of hydrogen-bond acceptors (Lipinski definition) is 3. The van der Waals surface area contributed by atoms with Crippen molar-refractivity contribution in [1.29, 1.82) is 0 Å². The highest BCUT2D eigenvalue weighted by Crippen LogP contribution is 2.44. The zero-order chi connectivity index (χ0) is 22.6. The number of guanidine groups is 1. The molecule has 0 aromatic heterocycles. The van der Waals surface area contributed by atoms with Crippen LogP contribution in [0, 0.1) is 5.41 Å². The van der Waals surface area contributed by atoms with Crippen LogP contribution in [0.1, 0.15) is 50.7 Å². The summed E-state index contributed by atoms with van der Waals surface area (Å²) in [7, 11) is -1.39. The largest absolute Gasteiger partial charge is 0.416 e. The fraction of sp³-hybridized carbons (Fsp3) is 0.667. The molecule has 0 atom stereocenters. The Morgan fingerprint density at radius 3 is 2.37 bits per heavy atom. The number of nitrogens with zero attached hydrogens (tertiary/aromatic N) is 1. The number of benzene rings is 1. The number of nitrogens with one attached hydrogen (secondary N) is 2. The molecule has 1 aliphatic carbocycles. The number of sulfone groups is 1. The van der Waals surface area contributed by atoms with E-state index in [1.807, 2.05) is 13.8 Å². The summed E-state index contributed by atoms with van der Waals surface area (Å²) in [4.78, 5) is 4.21. The van der Waals surface area contributed by atoms with Gasteiger partial charge in [-0.3, -0.25) is 4.99 Å². The van der Waals surface area contributed by atoms with Gasteiger partial charge in [0.1, 0.15) is 9.84 Å². The van der Waals surface area contributed by atoms with Gasteiger partial charge >= 0.3 is 6.18 Å². The zero-order valence-corrected chi connectivity index (χ0v) is 18.9. The predicted molar refractivity (Wildman–Crippen MR) is 114 cm³/mol. The lowest BCUT2D eigenvalue weighted by atomic mass is 9.64. The summed E-state index contributed by atoms with van der Waals surface area (Å²) in [6, 6.07) is 5.59. The summed E-state index contributed by atoms with van der Waals surface area (Å²) >= 11 is 0. The Bertz CT molecular complexity index is 860. The van der Waals surface area contributed by atoms with Crippen LogP contribution >= 0.6 is 0 Å². The average Bonchev–Trinajstić information content (AvgIpc) is 2.61. The minimum Gasteiger partial charge on any atom is -0.356 e. The van der Waals surface area contributed by atoms with Crippen LogP contribution in [0.2, 0.25) is 0 Å². The molecule has 0 unspecified atom stereocenters. The maximum atomic E-state index is 13.1. The van der Waals surface area contributed by atoms with E-state index < -0.39 is 21.6 Å². The highest BCUT2D eigenvalue weighted by Gasteiger charge is 2.40. The van der Waals surface area contributed by atoms with Gasteiger partial charge in [0.25, 0.3) is 0 Å². The highest BCUT2D eigenvalue weighted by atomic mass is 32.2. The maximum Gasteiger partial charge on any atom is 0.416 e. The second kappa shape index (κ2) is 9.16. The Hall–Kier alpha value is -1.77. The van der Waals surface area contributed by atoms with Crippen LogP contribution in [-0.4, -0.2) is 46.5 Å². The first kappa shape index (κ1) is 24.5. The van der Waals surface area contributed by atoms with Gasteiger partial charge in [0.15, 0.2) is 5.96 Å². The third-order valence-electron chi connectivity index (χ3n) is 5.81. The summed E-state index contributed by atoms with van der Waals surface area (Å²) in [5, 5.41) is 6.47. The lowest BCUT2D eigenvalue weighted by Gasteiger charge is -2.43. The summed E-state index contributed by atoms with van der Waals surface area (Å²) < 4.78 is 62.2. The normalized spacial score (nSPS) is 17.4. The standard InChI is InChI=1S/C21H32F3N3O2S/c1-19(2,11-12-30(4,28)29)14-26-18(25-3)27-15-20(9-6-10-20)16-7-5-8-17(13-16)21(22,23)24/h5,7-8,13H,6,9-12,14-15H2,1-4H3,(H2,25,26,27). The van der Waals surface area contributed by atoms with Gasteiger partial charge < -0.3 is 10.6 Å². The van der Waals surface area contributed by atoms with E-state index in [0.29, 0.717) is 31.0 Å². The first-order chi connectivity index (χ1) is 13.8. The van der Waals surface area contributed by atoms with Crippen molar-refractivity contribution < 1.29 is 21.6 Å². The molecule has 170 valence electrons. The second-order valence-electron chi connectivity index (χ2n) is 9.04. The smallest absolute Gasteiger partial charge is 0.356 e. The van der Waals surface area contributed by atoms with E-state index in [9.17, 15) is 21.6 Å². The molecular formula is C21H32F3N3O2S. The van der Waals surface area contributed by atoms with Crippen molar-refractivity contribution in [1.82, 2.24) is 10.6 Å². The van der Waals surface area contributed by atoms with Crippen molar-refractivity contribution in [3.8, 4) is 0 Å². The topological polar surface area (TPSA) is 70.6 Å². The van der Waals surface area contributed by atoms with Gasteiger partial charge in [0, 0.05) is 31.8 Å². The van der Waals surface area contributed by atoms with Crippen molar-refractivity contribution >= 4 is 15.8 Å². The van der Waals surface area contributed by atoms with Crippen LogP contribution < -0.4 is 10.6 Å². The van der Waals surface area contributed by atoms with Crippen LogP contribution in [0.3, 0.4) is 0 Å². The average molecular weight is 448 g/mol. The Balaban J connectivity index is 2.00. The molecule has 2 N–H and O–H groups in total. The molecule has 1 saturated carbocycles. The SMILES string of the molecule is CN=C(NCC(C)(C)CCS(C)(=O)=O)NCC1(c2cccc(C(F)(F)F)c2)CCC1. The molecule has 1 aliphatic rings. The van der Waals surface area contributed by atoms with E-state index in [4.69, 9.17) is 0 Å². The molecule has 0 aliphatic heterocycles. The van der Waals surface area contributed by atoms with Crippen molar-refractivity contribution in [3.05, 3.63) is 35.4 Å². The summed E-state index contributed by atoms with van der Waals surface area (Å²) in [5.74, 6) is 0.674. The first-order valence-corrected chi connectivity index (χ1v) is 12.1. The van der Waals surface area contributed by atoms with Crippen molar-refractivity contribution in [2.45, 2.75) is 51.1 Å². The van der Waals surface area contributed by atoms with Crippen molar-refractivity contribution in [2.24, 2.45) is 10.4 Å². The molecule has 5 nitrogen and oxygen atoms in total. The Kier molecular flexibility index (Phi) is 7.48. The molecule has 0 heterocycles. The van der Waals surface area contributed by atoms with E-state index in [1.165, 1.54) is 18.4 Å². The minimum atomic E-state index is -4.36. The number of alkyl halides is 3. The van der Waals surface area contributed by atoms with E-state index >= 15 is 0 Å². The lowest BCUT2D eigenvalue weighted by molar-refractivity contribution is -0.137. The third-order valence-corrected chi connectivity index (χ3v) is 6.76. The molecule has 0 amide bonds. The summed E-state index contributed by atoms with van der Waals surface area (Å²) in [5.41, 5.74) is -0.526. The van der Waals surface area contributed by atoms with Gasteiger partial charge in [-0.25, -0.2) is 8.42 Å². The summed E-state index contributed by atoms with van der Waals surface area (Å²) in [6.07, 6.45) is -0.00481. The second-order valence-corrected chi connectivity index (χ2v) is 11.3. The van der Waals surface area contributed by atoms with Crippen LogP contribution in [0.15, 0.2) is 29.3 Å². The molecule has 0 bridgehead atoms. The maximum absolute atomic E-state index is 13.1. The van der Waals surface area contributed by atoms with Gasteiger partial charge in [-0.1, -0.05) is 38.5 Å². The lowest BCUT2D eigenvalue weighted by Crippen LogP contribution is -2.50. The van der Waals surface area contributed by atoms with E-state index in [2.05, 4.69) is 15.6 Å². The van der Waals surface area contributed by atoms with Gasteiger partial charge in [-0.2, -0.15) is 13.2 Å². The number of rotatable bonds is 8. The van der Waals surface area contributed by atoms with E-state index in [-0.39, 0.29) is 16.6 Å². The molecule has 2 rings (SSSR count). The third kappa shape index (κ3) is 6.89. The highest BCUT2D eigenvalue weighted by molar-refractivity contribution is 7.90. The molecule has 1 aromatic carbocycles. The molecule has 30 heavy (non-hydrogen) atoms. The molecule has 0 saturated heterocycles. The fourth-order valence-corrected chi connectivity index (χ4v) is 4.47. The van der Waals surface area contributed by atoms with Crippen molar-refractivity contribution in [2.75, 3.05) is 32.1 Å². The first-order valence-electron chi connectivity index (χ1n) is 10.1. The van der Waals surface area contributed by atoms with Crippen LogP contribution in [0.5, 0.6) is 0 Å². The molecule has 9 heteroatoms. The van der Waals surface area contributed by atoms with E-state index in [0.717, 1.165) is 25.3 Å². The number of halogens is 3. The van der Waals surface area contributed by atoms with Crippen LogP contribution in [-0.2, 0) is 21.4 Å². The van der Waals surface area contributed by atoms with Crippen LogP contribution in [0.4, 0.5) is 13.2 Å². The summed E-state index contributed by atoms with van der Waals surface area (Å²) in [6.45, 7) is 4.97. The fourth-order valence-electron chi connectivity index (χ4n) is 3.54. The zero-order valence-electron chi connectivity index (χ0n) is 18.1. The number of hydrogen-bond donors (Lipinski definition) is 2. The monoisotopic (exact) mass is 447 g/mol. The number of aliphatic imine (C=N–C) groups is 1. The molecule has 0 spiro atoms. The van der Waals surface area contributed by atoms with Crippen LogP contribution in [0.25, 0.3) is 0 Å². The van der Waals surface area contributed by atoms with Gasteiger partial charge in [0.05, 0.1) is 11.3 Å². The van der Waals surface area contributed by atoms with Gasteiger partial charge in [-0.15, -0.1) is 0 Å². The Morgan fingerprint density at radius 2 is 1.87 bits per heavy atom. The molecule has 1 aromatic rings. The molecule has 0 radical (unpaired) electrons. The van der Waals surface area contributed by atoms with Gasteiger partial charge in [0.2, 0.25) is 0 Å². The van der Waals surface area contributed by atoms with E-state index in [1.54, 1.807) is 13.1 Å². The minimum absolute atomic E-state index is 0.117. The Labute approximate surface area is 177 Å². The van der Waals surface area contributed by atoms with Crippen molar-refractivity contribution in [3.63, 3.8) is 0 Å².